The van der Waals surface area contributed by atoms with Crippen molar-refractivity contribution in [2.75, 3.05) is 0 Å². The average molecular weight is 281 g/mol. The van der Waals surface area contributed by atoms with Crippen LogP contribution in [0.3, 0.4) is 0 Å². The first-order valence-electron chi connectivity index (χ1n) is 9.51. The Labute approximate surface area is 129 Å². The summed E-state index contributed by atoms with van der Waals surface area (Å²) in [7, 11) is 0. The van der Waals surface area contributed by atoms with Crippen LogP contribution in [0.25, 0.3) is 0 Å². The van der Waals surface area contributed by atoms with Crippen molar-refractivity contribution in [2.45, 2.75) is 92.9 Å². The van der Waals surface area contributed by atoms with Crippen LogP contribution in [0.15, 0.2) is 0 Å². The van der Waals surface area contributed by atoms with Crippen LogP contribution in [0.4, 0.5) is 0 Å². The van der Waals surface area contributed by atoms with Crippen LogP contribution < -0.4 is 0 Å². The molecule has 0 amide bonds. The van der Waals surface area contributed by atoms with E-state index in [2.05, 4.69) is 41.5 Å². The van der Waals surface area contributed by atoms with Gasteiger partial charge < -0.3 is 0 Å². The molecule has 5 unspecified atom stereocenters. The maximum Gasteiger partial charge on any atom is -0.0349 e. The van der Waals surface area contributed by atoms with Crippen LogP contribution in [0, 0.1) is 35.5 Å². The molecule has 1 aliphatic carbocycles. The highest BCUT2D eigenvalue weighted by molar-refractivity contribution is 4.95. The summed E-state index contributed by atoms with van der Waals surface area (Å²) in [5, 5.41) is 0. The summed E-state index contributed by atoms with van der Waals surface area (Å²) in [4.78, 5) is 0. The van der Waals surface area contributed by atoms with Crippen molar-refractivity contribution in [3.8, 4) is 0 Å². The molecule has 120 valence electrons. The standard InChI is InChI=1S/C20H40/c1-7-9-10-11-12-16(5)19-14-20(19)18(8-2)17(6)13-15(3)4/h15-20H,7-14H2,1-6H3. The zero-order valence-corrected chi connectivity index (χ0v) is 15.1. The topological polar surface area (TPSA) is 0 Å². The van der Waals surface area contributed by atoms with Gasteiger partial charge in [-0.2, -0.15) is 0 Å². The Morgan fingerprint density at radius 2 is 1.60 bits per heavy atom. The second-order valence-corrected chi connectivity index (χ2v) is 8.07. The molecule has 1 aliphatic rings. The maximum absolute atomic E-state index is 2.52. The minimum Gasteiger partial charge on any atom is -0.0654 e. The number of rotatable bonds is 11. The van der Waals surface area contributed by atoms with Gasteiger partial charge in [-0.25, -0.2) is 0 Å². The van der Waals surface area contributed by atoms with Gasteiger partial charge in [0.2, 0.25) is 0 Å². The molecule has 0 heteroatoms. The first kappa shape index (κ1) is 18.1. The molecule has 0 N–H and O–H groups in total. The molecule has 0 nitrogen and oxygen atoms in total. The van der Waals surface area contributed by atoms with E-state index in [4.69, 9.17) is 0 Å². The summed E-state index contributed by atoms with van der Waals surface area (Å²) in [6.07, 6.45) is 11.6. The van der Waals surface area contributed by atoms with E-state index in [1.165, 1.54) is 51.4 Å². The summed E-state index contributed by atoms with van der Waals surface area (Å²) < 4.78 is 0. The van der Waals surface area contributed by atoms with E-state index in [0.717, 1.165) is 35.5 Å². The maximum atomic E-state index is 2.52. The molecular formula is C20H40. The van der Waals surface area contributed by atoms with Crippen molar-refractivity contribution in [3.63, 3.8) is 0 Å². The second-order valence-electron chi connectivity index (χ2n) is 8.07. The van der Waals surface area contributed by atoms with Gasteiger partial charge in [-0.05, 0) is 48.3 Å². The van der Waals surface area contributed by atoms with Gasteiger partial charge >= 0.3 is 0 Å². The van der Waals surface area contributed by atoms with Crippen LogP contribution in [-0.2, 0) is 0 Å². The molecule has 0 bridgehead atoms. The minimum atomic E-state index is 0.864. The summed E-state index contributed by atoms with van der Waals surface area (Å²) in [6.45, 7) is 14.5. The van der Waals surface area contributed by atoms with Gasteiger partial charge in [0, 0.05) is 0 Å². The Morgan fingerprint density at radius 3 is 2.15 bits per heavy atom. The zero-order chi connectivity index (χ0) is 15.1. The fourth-order valence-corrected chi connectivity index (χ4v) is 4.53. The van der Waals surface area contributed by atoms with Gasteiger partial charge in [-0.3, -0.25) is 0 Å². The minimum absolute atomic E-state index is 0.864. The highest BCUT2D eigenvalue weighted by Gasteiger charge is 2.45. The lowest BCUT2D eigenvalue weighted by Crippen LogP contribution is -2.17. The van der Waals surface area contributed by atoms with Crippen molar-refractivity contribution in [1.82, 2.24) is 0 Å². The Bertz CT molecular complexity index is 242. The number of hydrogen-bond acceptors (Lipinski definition) is 0. The van der Waals surface area contributed by atoms with Crippen molar-refractivity contribution < 1.29 is 0 Å². The van der Waals surface area contributed by atoms with Crippen molar-refractivity contribution in [3.05, 3.63) is 0 Å². The van der Waals surface area contributed by atoms with E-state index in [1.807, 2.05) is 0 Å². The lowest BCUT2D eigenvalue weighted by atomic mass is 9.80. The molecule has 1 rings (SSSR count). The van der Waals surface area contributed by atoms with Gasteiger partial charge in [0.25, 0.3) is 0 Å². The number of unbranched alkanes of at least 4 members (excludes halogenated alkanes) is 3. The average Bonchev–Trinajstić information content (AvgIpc) is 3.14. The van der Waals surface area contributed by atoms with Gasteiger partial charge in [0.05, 0.1) is 0 Å². The molecular weight excluding hydrogens is 240 g/mol. The Morgan fingerprint density at radius 1 is 0.900 bits per heavy atom. The predicted molar refractivity (Wildman–Crippen MR) is 91.9 cm³/mol. The second kappa shape index (κ2) is 9.11. The molecule has 0 radical (unpaired) electrons. The molecule has 5 atom stereocenters. The molecule has 0 aromatic heterocycles. The molecule has 0 aromatic rings. The van der Waals surface area contributed by atoms with Crippen molar-refractivity contribution in [2.24, 2.45) is 35.5 Å². The molecule has 0 spiro atoms. The van der Waals surface area contributed by atoms with E-state index < -0.39 is 0 Å². The molecule has 1 fully saturated rings. The van der Waals surface area contributed by atoms with E-state index in [9.17, 15) is 0 Å². The van der Waals surface area contributed by atoms with E-state index in [-0.39, 0.29) is 0 Å². The Kier molecular flexibility index (Phi) is 8.22. The molecule has 20 heavy (non-hydrogen) atoms. The van der Waals surface area contributed by atoms with Crippen molar-refractivity contribution >= 4 is 0 Å². The fraction of sp³-hybridized carbons (Fsp3) is 1.00. The summed E-state index contributed by atoms with van der Waals surface area (Å²) in [5.74, 6) is 5.91. The molecule has 0 aliphatic heterocycles. The summed E-state index contributed by atoms with van der Waals surface area (Å²) in [6, 6.07) is 0. The van der Waals surface area contributed by atoms with Crippen LogP contribution in [0.1, 0.15) is 92.9 Å². The van der Waals surface area contributed by atoms with Crippen molar-refractivity contribution in [1.29, 1.82) is 0 Å². The summed E-state index contributed by atoms with van der Waals surface area (Å²) in [5.41, 5.74) is 0. The third-order valence-corrected chi connectivity index (χ3v) is 5.73. The van der Waals surface area contributed by atoms with Gasteiger partial charge in [0.15, 0.2) is 0 Å². The quantitative estimate of drug-likeness (QED) is 0.360. The van der Waals surface area contributed by atoms with Crippen LogP contribution in [0.5, 0.6) is 0 Å². The third-order valence-electron chi connectivity index (χ3n) is 5.73. The lowest BCUT2D eigenvalue weighted by Gasteiger charge is -2.25. The lowest BCUT2D eigenvalue weighted by molar-refractivity contribution is 0.243. The third kappa shape index (κ3) is 5.78. The Balaban J connectivity index is 2.31. The van der Waals surface area contributed by atoms with Crippen LogP contribution in [0.2, 0.25) is 0 Å². The highest BCUT2D eigenvalue weighted by Crippen LogP contribution is 2.53. The first-order valence-corrected chi connectivity index (χ1v) is 9.51. The van der Waals surface area contributed by atoms with E-state index >= 15 is 0 Å². The smallest absolute Gasteiger partial charge is 0.0349 e. The molecule has 1 saturated carbocycles. The highest BCUT2D eigenvalue weighted by atomic mass is 14.5. The summed E-state index contributed by atoms with van der Waals surface area (Å²) >= 11 is 0. The first-order chi connectivity index (χ1) is 9.51. The van der Waals surface area contributed by atoms with Gasteiger partial charge in [-0.1, -0.05) is 80.1 Å². The largest absolute Gasteiger partial charge is 0.0654 e. The normalized spacial score (nSPS) is 26.6. The number of hydrogen-bond donors (Lipinski definition) is 0. The molecule has 0 saturated heterocycles. The monoisotopic (exact) mass is 280 g/mol. The van der Waals surface area contributed by atoms with E-state index in [0.29, 0.717) is 0 Å². The molecule has 0 heterocycles. The van der Waals surface area contributed by atoms with Crippen LogP contribution in [-0.4, -0.2) is 0 Å². The zero-order valence-electron chi connectivity index (χ0n) is 15.1. The predicted octanol–water partition coefficient (Wildman–Crippen LogP) is 6.94. The van der Waals surface area contributed by atoms with Gasteiger partial charge in [0.1, 0.15) is 0 Å². The molecule has 0 aromatic carbocycles. The van der Waals surface area contributed by atoms with E-state index in [1.54, 1.807) is 0 Å². The van der Waals surface area contributed by atoms with Crippen LogP contribution >= 0.6 is 0 Å². The van der Waals surface area contributed by atoms with Gasteiger partial charge in [-0.15, -0.1) is 0 Å². The SMILES string of the molecule is CCCCCCC(C)C1CC1C(CC)C(C)CC(C)C. The fourth-order valence-electron chi connectivity index (χ4n) is 4.53. The Hall–Kier alpha value is 0.